The summed E-state index contributed by atoms with van der Waals surface area (Å²) in [5.41, 5.74) is 2.23. The molecular weight excluding hydrogens is 342 g/mol. The summed E-state index contributed by atoms with van der Waals surface area (Å²) in [4.78, 5) is 24.1. The van der Waals surface area contributed by atoms with Gasteiger partial charge >= 0.3 is 5.97 Å². The van der Waals surface area contributed by atoms with Crippen LogP contribution in [0.2, 0.25) is 0 Å². The van der Waals surface area contributed by atoms with Crippen LogP contribution in [0.15, 0.2) is 78.9 Å². The van der Waals surface area contributed by atoms with Gasteiger partial charge in [-0.15, -0.1) is 0 Å². The third-order valence-corrected chi connectivity index (χ3v) is 3.73. The van der Waals surface area contributed by atoms with Gasteiger partial charge < -0.3 is 14.8 Å². The molecule has 0 aliphatic rings. The Morgan fingerprint density at radius 3 is 2.30 bits per heavy atom. The van der Waals surface area contributed by atoms with Crippen molar-refractivity contribution in [2.45, 2.75) is 6.92 Å². The number of carbonyl (C=O) groups excluding carboxylic acids is 2. The zero-order chi connectivity index (χ0) is 19.1. The topological polar surface area (TPSA) is 64.6 Å². The monoisotopic (exact) mass is 361 g/mol. The smallest absolute Gasteiger partial charge is 0.349 e. The third-order valence-electron chi connectivity index (χ3n) is 3.73. The van der Waals surface area contributed by atoms with Crippen molar-refractivity contribution in [2.24, 2.45) is 0 Å². The van der Waals surface area contributed by atoms with Gasteiger partial charge in [0.15, 0.2) is 6.61 Å². The lowest BCUT2D eigenvalue weighted by atomic mass is 10.2. The molecule has 3 rings (SSSR count). The Morgan fingerprint density at radius 2 is 1.59 bits per heavy atom. The minimum atomic E-state index is -0.516. The maximum absolute atomic E-state index is 12.2. The molecule has 0 spiro atoms. The van der Waals surface area contributed by atoms with Crippen molar-refractivity contribution in [3.8, 4) is 11.5 Å². The van der Waals surface area contributed by atoms with Crippen LogP contribution in [0.4, 0.5) is 5.69 Å². The van der Waals surface area contributed by atoms with Crippen molar-refractivity contribution >= 4 is 17.6 Å². The zero-order valence-electron chi connectivity index (χ0n) is 14.8. The first-order valence-corrected chi connectivity index (χ1v) is 8.47. The molecule has 0 aliphatic carbocycles. The number of hydrogen-bond donors (Lipinski definition) is 1. The van der Waals surface area contributed by atoms with Crippen LogP contribution in [-0.2, 0) is 4.79 Å². The fraction of sp³-hybridized carbons (Fsp3) is 0.0909. The molecule has 0 aliphatic heterocycles. The van der Waals surface area contributed by atoms with Crippen molar-refractivity contribution in [1.82, 2.24) is 0 Å². The molecule has 1 N–H and O–H groups in total. The molecule has 3 aromatic carbocycles. The van der Waals surface area contributed by atoms with Crippen molar-refractivity contribution in [3.05, 3.63) is 90.0 Å². The first-order valence-electron chi connectivity index (χ1n) is 8.47. The summed E-state index contributed by atoms with van der Waals surface area (Å²) in [7, 11) is 0. The molecule has 1 amide bonds. The number of para-hydroxylation sites is 1. The van der Waals surface area contributed by atoms with Crippen molar-refractivity contribution in [1.29, 1.82) is 0 Å². The van der Waals surface area contributed by atoms with E-state index >= 15 is 0 Å². The van der Waals surface area contributed by atoms with Gasteiger partial charge in [0.05, 0.1) is 0 Å². The van der Waals surface area contributed by atoms with E-state index in [1.807, 2.05) is 55.5 Å². The lowest BCUT2D eigenvalue weighted by Gasteiger charge is -2.08. The summed E-state index contributed by atoms with van der Waals surface area (Å²) < 4.78 is 10.6. The highest BCUT2D eigenvalue weighted by Gasteiger charge is 2.09. The maximum Gasteiger partial charge on any atom is 0.349 e. The molecule has 3 aromatic rings. The first kappa shape index (κ1) is 18.2. The Bertz CT molecular complexity index is 921. The average molecular weight is 361 g/mol. The molecule has 0 saturated heterocycles. The molecule has 5 heteroatoms. The molecule has 27 heavy (non-hydrogen) atoms. The number of hydrogen-bond acceptors (Lipinski definition) is 4. The predicted octanol–water partition coefficient (Wildman–Crippen LogP) is 4.23. The zero-order valence-corrected chi connectivity index (χ0v) is 14.8. The van der Waals surface area contributed by atoms with E-state index in [1.165, 1.54) is 0 Å². The van der Waals surface area contributed by atoms with Gasteiger partial charge in [0.1, 0.15) is 11.5 Å². The summed E-state index contributed by atoms with van der Waals surface area (Å²) in [6.07, 6.45) is 0. The highest BCUT2D eigenvalue weighted by molar-refractivity contribution is 6.04. The van der Waals surface area contributed by atoms with Gasteiger partial charge in [-0.1, -0.05) is 30.3 Å². The second-order valence-corrected chi connectivity index (χ2v) is 5.92. The molecule has 5 nitrogen and oxygen atoms in total. The van der Waals surface area contributed by atoms with Crippen molar-refractivity contribution in [2.75, 3.05) is 11.9 Å². The van der Waals surface area contributed by atoms with Crippen LogP contribution in [-0.4, -0.2) is 18.5 Å². The standard InChI is InChI=1S/C22H19NO4/c1-16-6-5-9-20(14-16)26-15-21(24)27-19-12-10-17(11-13-19)22(25)23-18-7-3-2-4-8-18/h2-14H,15H2,1H3,(H,23,25). The Kier molecular flexibility index (Phi) is 5.84. The second-order valence-electron chi connectivity index (χ2n) is 5.92. The van der Waals surface area contributed by atoms with E-state index < -0.39 is 5.97 Å². The SMILES string of the molecule is Cc1cccc(OCC(=O)Oc2ccc(C(=O)Nc3ccccc3)cc2)c1. The number of carbonyl (C=O) groups is 2. The van der Waals surface area contributed by atoms with E-state index in [2.05, 4.69) is 5.32 Å². The Balaban J connectivity index is 1.52. The second kappa shape index (κ2) is 8.67. The van der Waals surface area contributed by atoms with Gasteiger partial charge in [-0.25, -0.2) is 4.79 Å². The molecule has 0 unspecified atom stereocenters. The number of ether oxygens (including phenoxy) is 2. The van der Waals surface area contributed by atoms with Crippen LogP contribution < -0.4 is 14.8 Å². The quantitative estimate of drug-likeness (QED) is 0.527. The first-order chi connectivity index (χ1) is 13.1. The molecule has 136 valence electrons. The summed E-state index contributed by atoms with van der Waals surface area (Å²) >= 11 is 0. The Labute approximate surface area is 157 Å². The van der Waals surface area contributed by atoms with Crippen molar-refractivity contribution in [3.63, 3.8) is 0 Å². The number of aryl methyl sites for hydroxylation is 1. The van der Waals surface area contributed by atoms with E-state index in [1.54, 1.807) is 30.3 Å². The molecule has 0 fully saturated rings. The molecule has 0 heterocycles. The molecule has 0 aromatic heterocycles. The third kappa shape index (κ3) is 5.44. The van der Waals surface area contributed by atoms with E-state index in [4.69, 9.17) is 9.47 Å². The number of amides is 1. The predicted molar refractivity (Wildman–Crippen MR) is 103 cm³/mol. The number of nitrogens with one attached hydrogen (secondary N) is 1. The lowest BCUT2D eigenvalue weighted by molar-refractivity contribution is -0.136. The van der Waals surface area contributed by atoms with Crippen LogP contribution >= 0.6 is 0 Å². The van der Waals surface area contributed by atoms with Crippen LogP contribution in [0.1, 0.15) is 15.9 Å². The molecule has 0 saturated carbocycles. The summed E-state index contributed by atoms with van der Waals surface area (Å²) in [5, 5.41) is 2.79. The summed E-state index contributed by atoms with van der Waals surface area (Å²) in [5.74, 6) is 0.212. The normalized spacial score (nSPS) is 10.1. The minimum absolute atomic E-state index is 0.195. The Morgan fingerprint density at radius 1 is 0.852 bits per heavy atom. The van der Waals surface area contributed by atoms with Gasteiger partial charge in [0, 0.05) is 11.3 Å². The van der Waals surface area contributed by atoms with Crippen LogP contribution in [0.3, 0.4) is 0 Å². The molecular formula is C22H19NO4. The number of anilines is 1. The van der Waals surface area contributed by atoms with Crippen molar-refractivity contribution < 1.29 is 19.1 Å². The number of esters is 1. The summed E-state index contributed by atoms with van der Waals surface area (Å²) in [6.45, 7) is 1.75. The highest BCUT2D eigenvalue weighted by atomic mass is 16.6. The number of rotatable bonds is 6. The van der Waals surface area contributed by atoms with Gasteiger partial charge in [-0.2, -0.15) is 0 Å². The van der Waals surface area contributed by atoms with Crippen LogP contribution in [0.5, 0.6) is 11.5 Å². The highest BCUT2D eigenvalue weighted by Crippen LogP contribution is 2.16. The van der Waals surface area contributed by atoms with E-state index in [0.717, 1.165) is 5.56 Å². The molecule has 0 bridgehead atoms. The van der Waals surface area contributed by atoms with Crippen LogP contribution in [0.25, 0.3) is 0 Å². The largest absolute Gasteiger partial charge is 0.482 e. The fourth-order valence-corrected chi connectivity index (χ4v) is 2.41. The molecule has 0 radical (unpaired) electrons. The van der Waals surface area contributed by atoms with Gasteiger partial charge in [0.2, 0.25) is 0 Å². The molecule has 0 atom stereocenters. The number of benzene rings is 3. The Hall–Kier alpha value is -3.60. The van der Waals surface area contributed by atoms with E-state index in [9.17, 15) is 9.59 Å². The lowest BCUT2D eigenvalue weighted by Crippen LogP contribution is -2.18. The van der Waals surface area contributed by atoms with Gasteiger partial charge in [-0.05, 0) is 61.0 Å². The summed E-state index contributed by atoms with van der Waals surface area (Å²) in [6, 6.07) is 22.9. The van der Waals surface area contributed by atoms with E-state index in [0.29, 0.717) is 22.7 Å². The van der Waals surface area contributed by atoms with E-state index in [-0.39, 0.29) is 12.5 Å². The van der Waals surface area contributed by atoms with Gasteiger partial charge in [0.25, 0.3) is 5.91 Å². The maximum atomic E-state index is 12.2. The van der Waals surface area contributed by atoms with Crippen LogP contribution in [0, 0.1) is 6.92 Å². The average Bonchev–Trinajstić information content (AvgIpc) is 2.68. The minimum Gasteiger partial charge on any atom is -0.482 e. The fourth-order valence-electron chi connectivity index (χ4n) is 2.41. The van der Waals surface area contributed by atoms with Gasteiger partial charge in [-0.3, -0.25) is 4.79 Å².